The van der Waals surface area contributed by atoms with E-state index in [0.29, 0.717) is 6.04 Å². The van der Waals surface area contributed by atoms with E-state index >= 15 is 0 Å². The molecule has 1 aromatic heterocycles. The molecule has 72 valence electrons. The Morgan fingerprint density at radius 1 is 1.62 bits per heavy atom. The molecule has 0 bridgehead atoms. The molecule has 0 aliphatic carbocycles. The van der Waals surface area contributed by atoms with Gasteiger partial charge in [-0.3, -0.25) is 4.90 Å². The van der Waals surface area contributed by atoms with E-state index in [9.17, 15) is 0 Å². The second-order valence-corrected chi connectivity index (χ2v) is 6.55. The topological polar surface area (TPSA) is 29.3 Å². The van der Waals surface area contributed by atoms with Gasteiger partial charge in [0.15, 0.2) is 0 Å². The number of nitrogens with zero attached hydrogens (tertiary/aromatic N) is 1. The summed E-state index contributed by atoms with van der Waals surface area (Å²) >= 11 is 4.25. The van der Waals surface area contributed by atoms with Crippen LogP contribution in [0.1, 0.15) is 11.3 Å². The third-order valence-electron chi connectivity index (χ3n) is 2.32. The number of hydrogen-bond acceptors (Lipinski definition) is 3. The first-order chi connectivity index (χ1) is 6.24. The highest BCUT2D eigenvalue weighted by atomic mass is 127. The average molecular weight is 308 g/mol. The maximum atomic E-state index is 5.84. The van der Waals surface area contributed by atoms with Gasteiger partial charge in [0, 0.05) is 30.6 Å². The molecular formula is C9H13IN2S. The van der Waals surface area contributed by atoms with Gasteiger partial charge in [-0.2, -0.15) is 0 Å². The van der Waals surface area contributed by atoms with Gasteiger partial charge in [0.1, 0.15) is 0 Å². The molecule has 4 heteroatoms. The fourth-order valence-electron chi connectivity index (χ4n) is 1.66. The van der Waals surface area contributed by atoms with Crippen LogP contribution in [0.5, 0.6) is 0 Å². The van der Waals surface area contributed by atoms with Crippen molar-refractivity contribution in [1.82, 2.24) is 4.90 Å². The van der Waals surface area contributed by atoms with Crippen molar-refractivity contribution in [2.45, 2.75) is 19.0 Å². The van der Waals surface area contributed by atoms with Gasteiger partial charge < -0.3 is 5.73 Å². The zero-order valence-corrected chi connectivity index (χ0v) is 10.3. The van der Waals surface area contributed by atoms with Crippen molar-refractivity contribution in [1.29, 1.82) is 0 Å². The molecule has 2 heterocycles. The number of rotatable bonds is 2. The molecule has 1 atom stereocenters. The Balaban J connectivity index is 1.91. The van der Waals surface area contributed by atoms with Crippen molar-refractivity contribution < 1.29 is 0 Å². The lowest BCUT2D eigenvalue weighted by atomic mass is 10.3. The maximum absolute atomic E-state index is 5.84. The number of likely N-dealkylation sites (tertiary alicyclic amines) is 1. The molecule has 2 rings (SSSR count). The number of hydrogen-bond donors (Lipinski definition) is 1. The van der Waals surface area contributed by atoms with Crippen LogP contribution in [0.4, 0.5) is 0 Å². The summed E-state index contributed by atoms with van der Waals surface area (Å²) in [5.74, 6) is 0. The molecule has 1 saturated heterocycles. The lowest BCUT2D eigenvalue weighted by molar-refractivity contribution is 0.330. The molecule has 1 aliphatic rings. The standard InChI is InChI=1S/C9H13IN2S/c10-9-2-1-8(13-9)6-12-4-3-7(11)5-12/h1-2,7H,3-6,11H2. The predicted molar refractivity (Wildman–Crippen MR) is 64.9 cm³/mol. The normalized spacial score (nSPS) is 24.0. The Morgan fingerprint density at radius 2 is 2.46 bits per heavy atom. The average Bonchev–Trinajstić information content (AvgIpc) is 2.62. The van der Waals surface area contributed by atoms with E-state index in [0.717, 1.165) is 26.1 Å². The highest BCUT2D eigenvalue weighted by molar-refractivity contribution is 14.1. The van der Waals surface area contributed by atoms with Crippen LogP contribution in [-0.4, -0.2) is 24.0 Å². The minimum absolute atomic E-state index is 0.402. The van der Waals surface area contributed by atoms with Gasteiger partial charge in [-0.05, 0) is 41.1 Å². The minimum Gasteiger partial charge on any atom is -0.326 e. The zero-order valence-electron chi connectivity index (χ0n) is 7.37. The Morgan fingerprint density at radius 3 is 3.00 bits per heavy atom. The quantitative estimate of drug-likeness (QED) is 0.846. The van der Waals surface area contributed by atoms with Crippen LogP contribution in [0.3, 0.4) is 0 Å². The monoisotopic (exact) mass is 308 g/mol. The van der Waals surface area contributed by atoms with Crippen molar-refractivity contribution >= 4 is 33.9 Å². The summed E-state index contributed by atoms with van der Waals surface area (Å²) in [5, 5.41) is 0. The van der Waals surface area contributed by atoms with E-state index in [-0.39, 0.29) is 0 Å². The fraction of sp³-hybridized carbons (Fsp3) is 0.556. The van der Waals surface area contributed by atoms with Gasteiger partial charge in [0.25, 0.3) is 0 Å². The lowest BCUT2D eigenvalue weighted by Gasteiger charge is -2.12. The highest BCUT2D eigenvalue weighted by Gasteiger charge is 2.19. The molecule has 0 amide bonds. The van der Waals surface area contributed by atoms with Crippen molar-refractivity contribution in [3.05, 3.63) is 19.9 Å². The predicted octanol–water partition coefficient (Wildman–Crippen LogP) is 1.89. The summed E-state index contributed by atoms with van der Waals surface area (Å²) < 4.78 is 1.37. The van der Waals surface area contributed by atoms with Crippen molar-refractivity contribution in [2.75, 3.05) is 13.1 Å². The van der Waals surface area contributed by atoms with Crippen LogP contribution in [-0.2, 0) is 6.54 Å². The van der Waals surface area contributed by atoms with Crippen molar-refractivity contribution in [3.8, 4) is 0 Å². The van der Waals surface area contributed by atoms with Gasteiger partial charge in [-0.15, -0.1) is 11.3 Å². The van der Waals surface area contributed by atoms with Gasteiger partial charge in [-0.25, -0.2) is 0 Å². The Hall–Kier alpha value is 0.350. The third-order valence-corrected chi connectivity index (χ3v) is 4.20. The summed E-state index contributed by atoms with van der Waals surface area (Å²) in [4.78, 5) is 3.89. The lowest BCUT2D eigenvalue weighted by Crippen LogP contribution is -2.25. The van der Waals surface area contributed by atoms with Gasteiger partial charge >= 0.3 is 0 Å². The van der Waals surface area contributed by atoms with Crippen LogP contribution < -0.4 is 5.73 Å². The van der Waals surface area contributed by atoms with E-state index in [1.54, 1.807) is 0 Å². The van der Waals surface area contributed by atoms with E-state index in [2.05, 4.69) is 39.6 Å². The molecule has 0 radical (unpaired) electrons. The highest BCUT2D eigenvalue weighted by Crippen LogP contribution is 2.21. The summed E-state index contributed by atoms with van der Waals surface area (Å²) in [6, 6.07) is 4.80. The first-order valence-electron chi connectivity index (χ1n) is 4.46. The maximum Gasteiger partial charge on any atom is 0.0656 e. The Labute approximate surface area is 96.3 Å². The minimum atomic E-state index is 0.402. The van der Waals surface area contributed by atoms with Gasteiger partial charge in [0.05, 0.1) is 2.88 Å². The summed E-state index contributed by atoms with van der Waals surface area (Å²) in [6.07, 6.45) is 1.16. The molecule has 1 aromatic rings. The first-order valence-corrected chi connectivity index (χ1v) is 6.36. The Kier molecular flexibility index (Phi) is 3.23. The molecule has 0 spiro atoms. The van der Waals surface area contributed by atoms with Crippen LogP contribution in [0, 0.1) is 2.88 Å². The fourth-order valence-corrected chi connectivity index (χ4v) is 3.46. The summed E-state index contributed by atoms with van der Waals surface area (Å²) in [5.41, 5.74) is 5.84. The summed E-state index contributed by atoms with van der Waals surface area (Å²) in [7, 11) is 0. The van der Waals surface area contributed by atoms with Crippen LogP contribution >= 0.6 is 33.9 Å². The van der Waals surface area contributed by atoms with Gasteiger partial charge in [0.2, 0.25) is 0 Å². The van der Waals surface area contributed by atoms with E-state index in [1.807, 2.05) is 11.3 Å². The molecule has 1 aliphatic heterocycles. The molecule has 2 N–H and O–H groups in total. The smallest absolute Gasteiger partial charge is 0.0656 e. The number of nitrogens with two attached hydrogens (primary N) is 1. The Bertz CT molecular complexity index is 287. The largest absolute Gasteiger partial charge is 0.326 e. The van der Waals surface area contributed by atoms with Crippen LogP contribution in [0.25, 0.3) is 0 Å². The second kappa shape index (κ2) is 4.25. The van der Waals surface area contributed by atoms with E-state index < -0.39 is 0 Å². The van der Waals surface area contributed by atoms with Crippen LogP contribution in [0.2, 0.25) is 0 Å². The molecule has 2 nitrogen and oxygen atoms in total. The number of halogens is 1. The van der Waals surface area contributed by atoms with Crippen LogP contribution in [0.15, 0.2) is 12.1 Å². The van der Waals surface area contributed by atoms with E-state index in [1.165, 1.54) is 7.76 Å². The molecule has 13 heavy (non-hydrogen) atoms. The first kappa shape index (κ1) is 9.89. The molecule has 1 fully saturated rings. The van der Waals surface area contributed by atoms with E-state index in [4.69, 9.17) is 5.73 Å². The summed E-state index contributed by atoms with van der Waals surface area (Å²) in [6.45, 7) is 3.31. The van der Waals surface area contributed by atoms with Gasteiger partial charge in [-0.1, -0.05) is 0 Å². The SMILES string of the molecule is NC1CCN(Cc2ccc(I)s2)C1. The van der Waals surface area contributed by atoms with Crippen molar-refractivity contribution in [3.63, 3.8) is 0 Å². The molecular weight excluding hydrogens is 295 g/mol. The number of thiophene rings is 1. The zero-order chi connectivity index (χ0) is 9.26. The third kappa shape index (κ3) is 2.65. The van der Waals surface area contributed by atoms with Crippen molar-refractivity contribution in [2.24, 2.45) is 5.73 Å². The molecule has 0 saturated carbocycles. The molecule has 0 aromatic carbocycles. The molecule has 1 unspecified atom stereocenters. The second-order valence-electron chi connectivity index (χ2n) is 3.49.